The minimum absolute atomic E-state index is 0.0755. The molecule has 0 fully saturated rings. The van der Waals surface area contributed by atoms with Gasteiger partial charge in [0.05, 0.1) is 5.69 Å². The van der Waals surface area contributed by atoms with Gasteiger partial charge in [-0.15, -0.1) is 0 Å². The van der Waals surface area contributed by atoms with E-state index < -0.39 is 0 Å². The number of amides is 1. The van der Waals surface area contributed by atoms with Crippen molar-refractivity contribution in [3.8, 4) is 11.3 Å². The molecule has 4 heteroatoms. The minimum atomic E-state index is -0.0755. The summed E-state index contributed by atoms with van der Waals surface area (Å²) >= 11 is 0. The predicted molar refractivity (Wildman–Crippen MR) is 89.8 cm³/mol. The Kier molecular flexibility index (Phi) is 4.43. The lowest BCUT2D eigenvalue weighted by atomic mass is 10.1. The van der Waals surface area contributed by atoms with Gasteiger partial charge in [-0.25, -0.2) is 0 Å². The number of rotatable bonds is 4. The highest BCUT2D eigenvalue weighted by molar-refractivity contribution is 5.94. The van der Waals surface area contributed by atoms with Gasteiger partial charge >= 0.3 is 0 Å². The first-order chi connectivity index (χ1) is 11.2. The normalized spacial score (nSPS) is 10.3. The fourth-order valence-electron chi connectivity index (χ4n) is 2.33. The highest BCUT2D eigenvalue weighted by atomic mass is 16.1. The fraction of sp³-hybridized carbons (Fsp3) is 0.105. The van der Waals surface area contributed by atoms with E-state index >= 15 is 0 Å². The van der Waals surface area contributed by atoms with E-state index in [9.17, 15) is 4.79 Å². The van der Waals surface area contributed by atoms with Crippen LogP contribution >= 0.6 is 0 Å². The average molecular weight is 303 g/mol. The second kappa shape index (κ2) is 6.83. The van der Waals surface area contributed by atoms with E-state index in [1.54, 1.807) is 18.6 Å². The van der Waals surface area contributed by atoms with Gasteiger partial charge in [-0.2, -0.15) is 0 Å². The highest BCUT2D eigenvalue weighted by Gasteiger charge is 2.06. The summed E-state index contributed by atoms with van der Waals surface area (Å²) in [5, 5.41) is 2.94. The molecule has 0 aliphatic heterocycles. The zero-order chi connectivity index (χ0) is 16.1. The predicted octanol–water partition coefficient (Wildman–Crippen LogP) is 3.38. The van der Waals surface area contributed by atoms with Crippen molar-refractivity contribution in [1.29, 1.82) is 0 Å². The molecule has 1 aromatic carbocycles. The maximum Gasteiger partial charge on any atom is 0.251 e. The molecule has 23 heavy (non-hydrogen) atoms. The van der Waals surface area contributed by atoms with Crippen LogP contribution in [0, 0.1) is 6.92 Å². The van der Waals surface area contributed by atoms with E-state index in [2.05, 4.69) is 15.3 Å². The molecule has 0 radical (unpaired) electrons. The Bertz CT molecular complexity index is 816. The summed E-state index contributed by atoms with van der Waals surface area (Å²) in [5.41, 5.74) is 4.55. The Morgan fingerprint density at radius 2 is 2.00 bits per heavy atom. The van der Waals surface area contributed by atoms with Gasteiger partial charge in [0.2, 0.25) is 0 Å². The molecular weight excluding hydrogens is 286 g/mol. The van der Waals surface area contributed by atoms with Crippen molar-refractivity contribution < 1.29 is 4.79 Å². The quantitative estimate of drug-likeness (QED) is 0.804. The number of aryl methyl sites for hydroxylation is 1. The van der Waals surface area contributed by atoms with Crippen LogP contribution in [-0.4, -0.2) is 15.9 Å². The van der Waals surface area contributed by atoms with Crippen molar-refractivity contribution in [2.24, 2.45) is 0 Å². The molecule has 0 aliphatic rings. The van der Waals surface area contributed by atoms with E-state index in [0.29, 0.717) is 12.1 Å². The minimum Gasteiger partial charge on any atom is -0.348 e. The highest BCUT2D eigenvalue weighted by Crippen LogP contribution is 2.16. The lowest BCUT2D eigenvalue weighted by Gasteiger charge is -2.07. The Hall–Kier alpha value is -3.01. The van der Waals surface area contributed by atoms with Gasteiger partial charge in [0.15, 0.2) is 0 Å². The Labute approximate surface area is 135 Å². The fourth-order valence-corrected chi connectivity index (χ4v) is 2.33. The van der Waals surface area contributed by atoms with Crippen LogP contribution in [0.25, 0.3) is 11.3 Å². The van der Waals surface area contributed by atoms with Crippen LogP contribution in [0.3, 0.4) is 0 Å². The number of hydrogen-bond donors (Lipinski definition) is 1. The van der Waals surface area contributed by atoms with Gasteiger partial charge in [-0.1, -0.05) is 17.7 Å². The van der Waals surface area contributed by atoms with Crippen molar-refractivity contribution in [2.45, 2.75) is 13.5 Å². The number of nitrogens with one attached hydrogen (secondary N) is 1. The SMILES string of the molecule is Cc1cccc(C(=O)NCc2ccnc(-c3cccnc3)c2)c1. The van der Waals surface area contributed by atoms with Crippen LogP contribution in [0.1, 0.15) is 21.5 Å². The van der Waals surface area contributed by atoms with Crippen LogP contribution in [0.5, 0.6) is 0 Å². The molecule has 4 nitrogen and oxygen atoms in total. The topological polar surface area (TPSA) is 54.9 Å². The molecule has 3 rings (SSSR count). The van der Waals surface area contributed by atoms with Crippen LogP contribution < -0.4 is 5.32 Å². The second-order valence-corrected chi connectivity index (χ2v) is 5.34. The van der Waals surface area contributed by atoms with E-state index in [-0.39, 0.29) is 5.91 Å². The maximum absolute atomic E-state index is 12.2. The van der Waals surface area contributed by atoms with Crippen LogP contribution in [0.4, 0.5) is 0 Å². The Morgan fingerprint density at radius 3 is 2.78 bits per heavy atom. The van der Waals surface area contributed by atoms with Gasteiger partial charge < -0.3 is 5.32 Å². The zero-order valence-corrected chi connectivity index (χ0v) is 12.9. The molecular formula is C19H17N3O. The lowest BCUT2D eigenvalue weighted by Crippen LogP contribution is -2.22. The summed E-state index contributed by atoms with van der Waals surface area (Å²) in [6.07, 6.45) is 5.25. The van der Waals surface area contributed by atoms with Gasteiger partial charge in [0, 0.05) is 36.3 Å². The number of pyridine rings is 2. The van der Waals surface area contributed by atoms with Gasteiger partial charge in [0.25, 0.3) is 5.91 Å². The molecule has 3 aromatic rings. The standard InChI is InChI=1S/C19H17N3O/c1-14-4-2-5-16(10-14)19(23)22-12-15-7-9-21-18(11-15)17-6-3-8-20-13-17/h2-11,13H,12H2,1H3,(H,22,23). The Morgan fingerprint density at radius 1 is 1.09 bits per heavy atom. The smallest absolute Gasteiger partial charge is 0.251 e. The monoisotopic (exact) mass is 303 g/mol. The summed E-state index contributed by atoms with van der Waals surface area (Å²) in [6, 6.07) is 15.3. The first-order valence-electron chi connectivity index (χ1n) is 7.42. The van der Waals surface area contributed by atoms with Gasteiger partial charge in [-0.3, -0.25) is 14.8 Å². The number of carbonyl (C=O) groups is 1. The van der Waals surface area contributed by atoms with Crippen LogP contribution in [-0.2, 0) is 6.54 Å². The lowest BCUT2D eigenvalue weighted by molar-refractivity contribution is 0.0951. The van der Waals surface area contributed by atoms with Crippen molar-refractivity contribution in [1.82, 2.24) is 15.3 Å². The number of benzene rings is 1. The van der Waals surface area contributed by atoms with E-state index in [4.69, 9.17) is 0 Å². The summed E-state index contributed by atoms with van der Waals surface area (Å²) in [7, 11) is 0. The first kappa shape index (κ1) is 14.9. The Balaban J connectivity index is 1.70. The van der Waals surface area contributed by atoms with E-state index in [1.807, 2.05) is 55.5 Å². The molecule has 0 aliphatic carbocycles. The van der Waals surface area contributed by atoms with Crippen molar-refractivity contribution in [2.75, 3.05) is 0 Å². The third-order valence-corrected chi connectivity index (χ3v) is 3.51. The molecule has 0 spiro atoms. The molecule has 0 saturated heterocycles. The first-order valence-corrected chi connectivity index (χ1v) is 7.42. The number of nitrogens with zero attached hydrogens (tertiary/aromatic N) is 2. The largest absolute Gasteiger partial charge is 0.348 e. The molecule has 1 amide bonds. The summed E-state index contributed by atoms with van der Waals surface area (Å²) in [4.78, 5) is 20.6. The van der Waals surface area contributed by atoms with Crippen LogP contribution in [0.15, 0.2) is 67.1 Å². The van der Waals surface area contributed by atoms with Gasteiger partial charge in [0.1, 0.15) is 0 Å². The third kappa shape index (κ3) is 3.80. The van der Waals surface area contributed by atoms with Crippen LogP contribution in [0.2, 0.25) is 0 Å². The molecule has 2 heterocycles. The number of aromatic nitrogens is 2. The molecule has 0 unspecified atom stereocenters. The molecule has 0 saturated carbocycles. The molecule has 0 bridgehead atoms. The zero-order valence-electron chi connectivity index (χ0n) is 12.9. The molecule has 2 aromatic heterocycles. The van der Waals surface area contributed by atoms with Gasteiger partial charge in [-0.05, 0) is 48.9 Å². The number of hydrogen-bond acceptors (Lipinski definition) is 3. The van der Waals surface area contributed by atoms with E-state index in [1.165, 1.54) is 0 Å². The van der Waals surface area contributed by atoms with E-state index in [0.717, 1.165) is 22.4 Å². The average Bonchev–Trinajstić information content (AvgIpc) is 2.61. The summed E-state index contributed by atoms with van der Waals surface area (Å²) in [6.45, 7) is 2.43. The maximum atomic E-state index is 12.2. The second-order valence-electron chi connectivity index (χ2n) is 5.34. The summed E-state index contributed by atoms with van der Waals surface area (Å²) in [5.74, 6) is -0.0755. The summed E-state index contributed by atoms with van der Waals surface area (Å²) < 4.78 is 0. The third-order valence-electron chi connectivity index (χ3n) is 3.51. The van der Waals surface area contributed by atoms with Crippen molar-refractivity contribution >= 4 is 5.91 Å². The van der Waals surface area contributed by atoms with Crippen molar-refractivity contribution in [3.63, 3.8) is 0 Å². The number of carbonyl (C=O) groups excluding carboxylic acids is 1. The van der Waals surface area contributed by atoms with Crippen molar-refractivity contribution in [3.05, 3.63) is 83.8 Å². The molecule has 1 N–H and O–H groups in total. The molecule has 0 atom stereocenters. The molecule has 114 valence electrons.